The molecule has 0 amide bonds. The van der Waals surface area contributed by atoms with Crippen LogP contribution in [-0.2, 0) is 6.42 Å². The third kappa shape index (κ3) is 9.80. The van der Waals surface area contributed by atoms with Gasteiger partial charge < -0.3 is 4.74 Å². The Balaban J connectivity index is 1.34. The van der Waals surface area contributed by atoms with E-state index in [4.69, 9.17) is 9.72 Å². The Morgan fingerprint density at radius 2 is 1.35 bits per heavy atom. The molecule has 2 aromatic rings. The van der Waals surface area contributed by atoms with E-state index >= 15 is 0 Å². The molecule has 188 valence electrons. The second kappa shape index (κ2) is 16.0. The number of hydrogen-bond acceptors (Lipinski definition) is 2. The Labute approximate surface area is 209 Å². The van der Waals surface area contributed by atoms with E-state index in [0.29, 0.717) is 0 Å². The van der Waals surface area contributed by atoms with Gasteiger partial charge in [0.2, 0.25) is 0 Å². The van der Waals surface area contributed by atoms with Crippen LogP contribution in [0.4, 0.5) is 0 Å². The summed E-state index contributed by atoms with van der Waals surface area (Å²) >= 11 is 0. The lowest BCUT2D eigenvalue weighted by atomic mass is 9.80. The molecule has 1 aliphatic rings. The summed E-state index contributed by atoms with van der Waals surface area (Å²) in [5.41, 5.74) is 3.58. The number of aryl methyl sites for hydroxylation is 1. The zero-order valence-corrected chi connectivity index (χ0v) is 22.1. The van der Waals surface area contributed by atoms with Gasteiger partial charge in [-0.2, -0.15) is 0 Å². The lowest BCUT2D eigenvalue weighted by Crippen LogP contribution is -2.20. The molecule has 1 fully saturated rings. The maximum absolute atomic E-state index is 6.15. The molecule has 1 aliphatic carbocycles. The monoisotopic (exact) mass is 463 g/mol. The van der Waals surface area contributed by atoms with E-state index in [0.717, 1.165) is 36.3 Å². The van der Waals surface area contributed by atoms with Crippen molar-refractivity contribution in [2.75, 3.05) is 6.61 Å². The number of nitrogens with zero attached hydrogens (tertiary/aromatic N) is 1. The van der Waals surface area contributed by atoms with Crippen molar-refractivity contribution in [2.24, 2.45) is 11.8 Å². The van der Waals surface area contributed by atoms with E-state index in [2.05, 4.69) is 56.4 Å². The smallest absolute Gasteiger partial charge is 0.119 e. The van der Waals surface area contributed by atoms with Gasteiger partial charge in [0.15, 0.2) is 0 Å². The summed E-state index contributed by atoms with van der Waals surface area (Å²) in [6.45, 7) is 5.44. The Morgan fingerprint density at radius 3 is 2.03 bits per heavy atom. The van der Waals surface area contributed by atoms with Crippen molar-refractivity contribution in [1.82, 2.24) is 4.98 Å². The van der Waals surface area contributed by atoms with E-state index in [9.17, 15) is 0 Å². The SMILES string of the molecule is CCCCCCCCCc1ccc(-c2ccc(OC[C@H]3CC[C@H](CCCCC)CC3)cc2)nc1. The van der Waals surface area contributed by atoms with Gasteiger partial charge in [0, 0.05) is 11.8 Å². The molecule has 1 aromatic carbocycles. The zero-order valence-electron chi connectivity index (χ0n) is 22.1. The normalized spacial score (nSPS) is 18.2. The van der Waals surface area contributed by atoms with Gasteiger partial charge in [0.25, 0.3) is 0 Å². The van der Waals surface area contributed by atoms with Gasteiger partial charge in [0.1, 0.15) is 5.75 Å². The fraction of sp³-hybridized carbons (Fsp3) is 0.656. The van der Waals surface area contributed by atoms with E-state index in [1.165, 1.54) is 107 Å². The Hall–Kier alpha value is -1.83. The standard InChI is InChI=1S/C32H49NO/c1-3-5-7-8-9-10-12-14-28-19-24-32(33-25-28)30-20-22-31(23-21-30)34-26-29-17-15-27(16-18-29)13-11-6-4-2/h19-25,27,29H,3-18,26H2,1-2H3/t27-,29-. The van der Waals surface area contributed by atoms with E-state index in [1.807, 2.05) is 0 Å². The summed E-state index contributed by atoms with van der Waals surface area (Å²) in [7, 11) is 0. The average molecular weight is 464 g/mol. The van der Waals surface area contributed by atoms with Gasteiger partial charge in [0.05, 0.1) is 12.3 Å². The highest BCUT2D eigenvalue weighted by molar-refractivity contribution is 5.60. The van der Waals surface area contributed by atoms with Crippen molar-refractivity contribution in [3.63, 3.8) is 0 Å². The first-order chi connectivity index (χ1) is 16.8. The Kier molecular flexibility index (Phi) is 12.6. The number of ether oxygens (including phenoxy) is 1. The van der Waals surface area contributed by atoms with E-state index < -0.39 is 0 Å². The van der Waals surface area contributed by atoms with Crippen LogP contribution in [-0.4, -0.2) is 11.6 Å². The average Bonchev–Trinajstić information content (AvgIpc) is 2.88. The van der Waals surface area contributed by atoms with Crippen LogP contribution < -0.4 is 4.74 Å². The molecule has 34 heavy (non-hydrogen) atoms. The minimum Gasteiger partial charge on any atom is -0.493 e. The van der Waals surface area contributed by atoms with E-state index in [1.54, 1.807) is 0 Å². The van der Waals surface area contributed by atoms with Gasteiger partial charge in [-0.3, -0.25) is 4.98 Å². The van der Waals surface area contributed by atoms with Crippen molar-refractivity contribution in [1.29, 1.82) is 0 Å². The predicted octanol–water partition coefficient (Wildman–Crippen LogP) is 9.81. The summed E-state index contributed by atoms with van der Waals surface area (Å²) in [6, 6.07) is 12.9. The zero-order chi connectivity index (χ0) is 23.8. The number of hydrogen-bond donors (Lipinski definition) is 0. The summed E-state index contributed by atoms with van der Waals surface area (Å²) in [5, 5.41) is 0. The second-order valence-electron chi connectivity index (χ2n) is 10.6. The lowest BCUT2D eigenvalue weighted by Gasteiger charge is -2.28. The van der Waals surface area contributed by atoms with Gasteiger partial charge in [-0.15, -0.1) is 0 Å². The molecule has 0 radical (unpaired) electrons. The molecule has 1 saturated carbocycles. The maximum Gasteiger partial charge on any atom is 0.119 e. The number of benzene rings is 1. The van der Waals surface area contributed by atoms with Crippen LogP contribution in [0, 0.1) is 11.8 Å². The van der Waals surface area contributed by atoms with Crippen LogP contribution >= 0.6 is 0 Å². The van der Waals surface area contributed by atoms with Gasteiger partial charge in [-0.05, 0) is 73.4 Å². The molecule has 0 N–H and O–H groups in total. The molecule has 2 nitrogen and oxygen atoms in total. The van der Waals surface area contributed by atoms with E-state index in [-0.39, 0.29) is 0 Å². The third-order valence-electron chi connectivity index (χ3n) is 7.71. The summed E-state index contributed by atoms with van der Waals surface area (Å²) in [6.07, 6.45) is 23.8. The molecule has 0 aliphatic heterocycles. The van der Waals surface area contributed by atoms with Crippen LogP contribution in [0.5, 0.6) is 5.75 Å². The molecule has 0 saturated heterocycles. The second-order valence-corrected chi connectivity index (χ2v) is 10.6. The highest BCUT2D eigenvalue weighted by atomic mass is 16.5. The topological polar surface area (TPSA) is 22.1 Å². The van der Waals surface area contributed by atoms with Crippen molar-refractivity contribution >= 4 is 0 Å². The van der Waals surface area contributed by atoms with Crippen molar-refractivity contribution in [3.05, 3.63) is 48.2 Å². The fourth-order valence-electron chi connectivity index (χ4n) is 5.34. The Morgan fingerprint density at radius 1 is 0.706 bits per heavy atom. The molecule has 1 aromatic heterocycles. The van der Waals surface area contributed by atoms with Gasteiger partial charge >= 0.3 is 0 Å². The molecular formula is C32H49NO. The minimum atomic E-state index is 0.729. The van der Waals surface area contributed by atoms with Crippen LogP contribution in [0.25, 0.3) is 11.3 Å². The number of unbranched alkanes of at least 4 members (excludes halogenated alkanes) is 8. The number of rotatable bonds is 16. The molecule has 2 heteroatoms. The summed E-state index contributed by atoms with van der Waals surface area (Å²) < 4.78 is 6.15. The molecule has 0 spiro atoms. The maximum atomic E-state index is 6.15. The lowest BCUT2D eigenvalue weighted by molar-refractivity contribution is 0.177. The first-order valence-corrected chi connectivity index (χ1v) is 14.5. The van der Waals surface area contributed by atoms with Gasteiger partial charge in [-0.1, -0.05) is 97.0 Å². The molecule has 0 bridgehead atoms. The predicted molar refractivity (Wildman–Crippen MR) is 146 cm³/mol. The Bertz CT molecular complexity index is 759. The first-order valence-electron chi connectivity index (χ1n) is 14.5. The minimum absolute atomic E-state index is 0.729. The fourth-order valence-corrected chi connectivity index (χ4v) is 5.34. The number of aromatic nitrogens is 1. The molecule has 0 unspecified atom stereocenters. The number of pyridine rings is 1. The van der Waals surface area contributed by atoms with Crippen molar-refractivity contribution in [3.8, 4) is 17.0 Å². The summed E-state index contributed by atoms with van der Waals surface area (Å²) in [5.74, 6) is 2.69. The first kappa shape index (κ1) is 26.8. The van der Waals surface area contributed by atoms with Crippen molar-refractivity contribution < 1.29 is 4.74 Å². The van der Waals surface area contributed by atoms with Crippen molar-refractivity contribution in [2.45, 2.75) is 117 Å². The van der Waals surface area contributed by atoms with Crippen LogP contribution in [0.3, 0.4) is 0 Å². The molecular weight excluding hydrogens is 414 g/mol. The van der Waals surface area contributed by atoms with Crippen LogP contribution in [0.1, 0.15) is 116 Å². The van der Waals surface area contributed by atoms with Crippen LogP contribution in [0.2, 0.25) is 0 Å². The third-order valence-corrected chi connectivity index (χ3v) is 7.71. The summed E-state index contributed by atoms with van der Waals surface area (Å²) in [4.78, 5) is 4.73. The molecule has 1 heterocycles. The molecule has 3 rings (SSSR count). The van der Waals surface area contributed by atoms with Gasteiger partial charge in [-0.25, -0.2) is 0 Å². The quantitative estimate of drug-likeness (QED) is 0.231. The largest absolute Gasteiger partial charge is 0.493 e. The van der Waals surface area contributed by atoms with Crippen LogP contribution in [0.15, 0.2) is 42.6 Å². The molecule has 0 atom stereocenters. The highest BCUT2D eigenvalue weighted by Crippen LogP contribution is 2.32. The highest BCUT2D eigenvalue weighted by Gasteiger charge is 2.21.